The molecule has 0 bridgehead atoms. The predicted molar refractivity (Wildman–Crippen MR) is 126 cm³/mol. The van der Waals surface area contributed by atoms with Gasteiger partial charge in [-0.25, -0.2) is 9.55 Å². The van der Waals surface area contributed by atoms with Crippen molar-refractivity contribution >= 4 is 39.1 Å². The highest BCUT2D eigenvalue weighted by Crippen LogP contribution is 2.34. The lowest BCUT2D eigenvalue weighted by molar-refractivity contribution is 0.177. The SMILES string of the molecule is CC(O)CN(CC(C)O)c1nc2sc3c(c2c(=O)n1-c1ccc(Cl)cc1)CCN(C)C3. The zero-order valence-corrected chi connectivity index (χ0v) is 19.4. The second-order valence-electron chi connectivity index (χ2n) is 8.30. The fourth-order valence-electron chi connectivity index (χ4n) is 4.07. The number of fused-ring (bicyclic) bond motifs is 3. The van der Waals surface area contributed by atoms with Crippen LogP contribution < -0.4 is 10.5 Å². The van der Waals surface area contributed by atoms with Crippen molar-refractivity contribution in [3.63, 3.8) is 0 Å². The molecule has 0 radical (unpaired) electrons. The molecule has 0 aliphatic carbocycles. The lowest BCUT2D eigenvalue weighted by atomic mass is 10.1. The quantitative estimate of drug-likeness (QED) is 0.586. The molecule has 1 aliphatic rings. The lowest BCUT2D eigenvalue weighted by Gasteiger charge is -2.28. The molecule has 0 saturated heterocycles. The van der Waals surface area contributed by atoms with E-state index in [0.29, 0.717) is 26.9 Å². The van der Waals surface area contributed by atoms with E-state index >= 15 is 0 Å². The number of aromatic nitrogens is 2. The molecule has 3 heterocycles. The van der Waals surface area contributed by atoms with Crippen molar-refractivity contribution < 1.29 is 10.2 Å². The summed E-state index contributed by atoms with van der Waals surface area (Å²) in [7, 11) is 2.07. The van der Waals surface area contributed by atoms with Crippen LogP contribution in [-0.4, -0.2) is 63.6 Å². The highest BCUT2D eigenvalue weighted by atomic mass is 35.5. The third-order valence-corrected chi connectivity index (χ3v) is 6.75. The summed E-state index contributed by atoms with van der Waals surface area (Å²) < 4.78 is 1.58. The molecule has 0 fully saturated rings. The molecule has 0 spiro atoms. The summed E-state index contributed by atoms with van der Waals surface area (Å²) in [4.78, 5) is 24.6. The van der Waals surface area contributed by atoms with Gasteiger partial charge in [0.1, 0.15) is 4.83 Å². The number of aliphatic hydroxyl groups is 2. The minimum absolute atomic E-state index is 0.134. The Morgan fingerprint density at radius 2 is 1.84 bits per heavy atom. The topological polar surface area (TPSA) is 81.8 Å². The maximum absolute atomic E-state index is 13.9. The van der Waals surface area contributed by atoms with Crippen molar-refractivity contribution in [2.75, 3.05) is 31.6 Å². The Hall–Kier alpha value is -1.97. The third kappa shape index (κ3) is 4.49. The van der Waals surface area contributed by atoms with Gasteiger partial charge in [0.15, 0.2) is 0 Å². The number of hydrogen-bond acceptors (Lipinski definition) is 7. The highest BCUT2D eigenvalue weighted by molar-refractivity contribution is 7.18. The summed E-state index contributed by atoms with van der Waals surface area (Å²) in [6.07, 6.45) is -0.501. The molecule has 31 heavy (non-hydrogen) atoms. The van der Waals surface area contributed by atoms with Crippen molar-refractivity contribution in [1.82, 2.24) is 14.5 Å². The van der Waals surface area contributed by atoms with Crippen LogP contribution in [0.4, 0.5) is 5.95 Å². The summed E-state index contributed by atoms with van der Waals surface area (Å²) in [6.45, 7) is 5.54. The number of likely N-dealkylation sites (N-methyl/N-ethyl adjacent to an activating group) is 1. The molecule has 2 unspecified atom stereocenters. The van der Waals surface area contributed by atoms with Crippen LogP contribution in [0.5, 0.6) is 0 Å². The van der Waals surface area contributed by atoms with Gasteiger partial charge in [0, 0.05) is 36.1 Å². The van der Waals surface area contributed by atoms with Crippen LogP contribution in [0.15, 0.2) is 29.1 Å². The Labute approximate surface area is 190 Å². The van der Waals surface area contributed by atoms with Crippen LogP contribution in [0.25, 0.3) is 15.9 Å². The van der Waals surface area contributed by atoms with Crippen LogP contribution in [0.2, 0.25) is 5.02 Å². The van der Waals surface area contributed by atoms with E-state index < -0.39 is 12.2 Å². The van der Waals surface area contributed by atoms with Crippen LogP contribution >= 0.6 is 22.9 Å². The summed E-state index contributed by atoms with van der Waals surface area (Å²) in [5, 5.41) is 21.4. The predicted octanol–water partition coefficient (Wildman–Crippen LogP) is 2.66. The molecule has 9 heteroatoms. The smallest absolute Gasteiger partial charge is 0.268 e. The first-order chi connectivity index (χ1) is 14.7. The zero-order valence-electron chi connectivity index (χ0n) is 17.9. The standard InChI is InChI=1S/C22H27ClN4O3S/c1-13(28)10-26(11-14(2)29)22-24-20-19(17-8-9-25(3)12-18(17)31-20)21(30)27(22)16-6-4-15(23)5-7-16/h4-7,13-14,28-29H,8-12H2,1-3H3. The maximum atomic E-state index is 13.9. The van der Waals surface area contributed by atoms with Crippen LogP contribution in [-0.2, 0) is 13.0 Å². The van der Waals surface area contributed by atoms with Crippen molar-refractivity contribution in [3.8, 4) is 5.69 Å². The second kappa shape index (κ2) is 8.88. The molecular weight excluding hydrogens is 436 g/mol. The average Bonchev–Trinajstić information content (AvgIpc) is 3.05. The number of aliphatic hydroxyl groups excluding tert-OH is 2. The molecule has 2 aromatic heterocycles. The summed E-state index contributed by atoms with van der Waals surface area (Å²) in [5.41, 5.74) is 1.60. The third-order valence-electron chi connectivity index (χ3n) is 5.38. The van der Waals surface area contributed by atoms with Gasteiger partial charge in [0.25, 0.3) is 5.56 Å². The molecule has 2 atom stereocenters. The lowest BCUT2D eigenvalue weighted by Crippen LogP contribution is -2.40. The Kier molecular flexibility index (Phi) is 6.37. The van der Waals surface area contributed by atoms with E-state index in [2.05, 4.69) is 11.9 Å². The maximum Gasteiger partial charge on any atom is 0.268 e. The van der Waals surface area contributed by atoms with E-state index in [-0.39, 0.29) is 18.6 Å². The molecule has 1 aromatic carbocycles. The van der Waals surface area contributed by atoms with Crippen molar-refractivity contribution in [2.24, 2.45) is 0 Å². The van der Waals surface area contributed by atoms with Crippen molar-refractivity contribution in [1.29, 1.82) is 0 Å². The molecule has 1 aliphatic heterocycles. The normalized spacial score (nSPS) is 16.3. The number of nitrogens with zero attached hydrogens (tertiary/aromatic N) is 4. The summed E-state index contributed by atoms with van der Waals surface area (Å²) >= 11 is 7.64. The van der Waals surface area contributed by atoms with E-state index in [9.17, 15) is 15.0 Å². The first-order valence-corrected chi connectivity index (χ1v) is 11.6. The first-order valence-electron chi connectivity index (χ1n) is 10.4. The molecule has 4 rings (SSSR count). The van der Waals surface area contributed by atoms with Crippen LogP contribution in [0.3, 0.4) is 0 Å². The molecule has 3 aromatic rings. The average molecular weight is 463 g/mol. The zero-order chi connectivity index (χ0) is 22.3. The van der Waals surface area contributed by atoms with Gasteiger partial charge in [0.05, 0.1) is 23.3 Å². The Balaban J connectivity index is 1.99. The molecule has 2 N–H and O–H groups in total. The van der Waals surface area contributed by atoms with Crippen molar-refractivity contribution in [2.45, 2.75) is 39.0 Å². The summed E-state index contributed by atoms with van der Waals surface area (Å²) in [5.74, 6) is 0.411. The van der Waals surface area contributed by atoms with E-state index in [1.54, 1.807) is 58.9 Å². The Morgan fingerprint density at radius 1 is 1.19 bits per heavy atom. The highest BCUT2D eigenvalue weighted by Gasteiger charge is 2.26. The van der Waals surface area contributed by atoms with Gasteiger partial charge in [-0.15, -0.1) is 11.3 Å². The minimum Gasteiger partial charge on any atom is -0.392 e. The van der Waals surface area contributed by atoms with E-state index in [1.165, 1.54) is 4.88 Å². The van der Waals surface area contributed by atoms with Crippen LogP contribution in [0, 0.1) is 0 Å². The van der Waals surface area contributed by atoms with Gasteiger partial charge in [-0.05, 0) is 57.1 Å². The fraction of sp³-hybridized carbons (Fsp3) is 0.455. The molecular formula is C22H27ClN4O3S. The van der Waals surface area contributed by atoms with Gasteiger partial charge >= 0.3 is 0 Å². The van der Waals surface area contributed by atoms with E-state index in [4.69, 9.17) is 16.6 Å². The van der Waals surface area contributed by atoms with Gasteiger partial charge in [0.2, 0.25) is 5.95 Å². The van der Waals surface area contributed by atoms with Gasteiger partial charge in [-0.1, -0.05) is 11.6 Å². The monoisotopic (exact) mass is 462 g/mol. The van der Waals surface area contributed by atoms with Crippen molar-refractivity contribution in [3.05, 3.63) is 50.1 Å². The molecule has 7 nitrogen and oxygen atoms in total. The molecule has 166 valence electrons. The number of thiophene rings is 1. The van der Waals surface area contributed by atoms with Gasteiger partial charge in [-0.3, -0.25) is 4.79 Å². The fourth-order valence-corrected chi connectivity index (χ4v) is 5.48. The van der Waals surface area contributed by atoms with E-state index in [0.717, 1.165) is 25.1 Å². The minimum atomic E-state index is -0.657. The number of anilines is 1. The number of hydrogen-bond donors (Lipinski definition) is 2. The number of benzene rings is 1. The first kappa shape index (κ1) is 22.2. The Bertz CT molecular complexity index is 1130. The second-order valence-corrected chi connectivity index (χ2v) is 9.82. The van der Waals surface area contributed by atoms with Gasteiger partial charge < -0.3 is 20.0 Å². The van der Waals surface area contributed by atoms with Gasteiger partial charge in [-0.2, -0.15) is 0 Å². The summed E-state index contributed by atoms with van der Waals surface area (Å²) in [6, 6.07) is 7.05. The Morgan fingerprint density at radius 3 is 2.45 bits per heavy atom. The molecule has 0 amide bonds. The number of halogens is 1. The van der Waals surface area contributed by atoms with Crippen LogP contribution in [0.1, 0.15) is 24.3 Å². The number of rotatable bonds is 6. The largest absolute Gasteiger partial charge is 0.392 e. The van der Waals surface area contributed by atoms with E-state index in [1.807, 2.05) is 0 Å². The molecule has 0 saturated carbocycles.